The van der Waals surface area contributed by atoms with Crippen LogP contribution in [0.15, 0.2) is 53.4 Å². The second-order valence-corrected chi connectivity index (χ2v) is 16.2. The number of nitrogens with zero attached hydrogens (tertiary/aromatic N) is 1. The average Bonchev–Trinajstić information content (AvgIpc) is 3.31. The van der Waals surface area contributed by atoms with E-state index in [9.17, 15) is 4.79 Å². The summed E-state index contributed by atoms with van der Waals surface area (Å²) in [6.07, 6.45) is 2.53. The number of aromatic nitrogens is 1. The van der Waals surface area contributed by atoms with Gasteiger partial charge in [0, 0.05) is 24.2 Å². The van der Waals surface area contributed by atoms with E-state index in [0.29, 0.717) is 36.1 Å². The summed E-state index contributed by atoms with van der Waals surface area (Å²) in [6, 6.07) is 11.1. The molecule has 0 aliphatic heterocycles. The molecule has 3 rings (SSSR count). The van der Waals surface area contributed by atoms with Crippen LogP contribution >= 0.6 is 11.3 Å². The third kappa shape index (κ3) is 8.18. The zero-order valence-corrected chi connectivity index (χ0v) is 24.2. The Morgan fingerprint density at radius 3 is 2.44 bits per heavy atom. The smallest absolute Gasteiger partial charge is 0.257 e. The van der Waals surface area contributed by atoms with Crippen molar-refractivity contribution in [2.24, 2.45) is 0 Å². The summed E-state index contributed by atoms with van der Waals surface area (Å²) in [6.45, 7) is 16.0. The number of pyridine rings is 1. The van der Waals surface area contributed by atoms with E-state index in [2.05, 4.69) is 61.0 Å². The molecule has 0 saturated heterocycles. The highest BCUT2D eigenvalue weighted by Crippen LogP contribution is 2.37. The van der Waals surface area contributed by atoms with E-state index < -0.39 is 8.32 Å². The molecule has 1 N–H and O–H groups in total. The van der Waals surface area contributed by atoms with Gasteiger partial charge in [0.1, 0.15) is 17.3 Å². The number of carbonyl (C=O) groups excluding carboxylic acids is 1. The van der Waals surface area contributed by atoms with E-state index in [1.165, 1.54) is 5.56 Å². The summed E-state index contributed by atoms with van der Waals surface area (Å²) in [5, 5.41) is 7.19. The van der Waals surface area contributed by atoms with E-state index in [1.54, 1.807) is 35.7 Å². The number of carbonyl (C=O) groups is 1. The van der Waals surface area contributed by atoms with E-state index in [1.807, 2.05) is 26.0 Å². The number of hydrogen-bond acceptors (Lipinski definition) is 6. The first kappa shape index (κ1) is 27.9. The molecule has 3 aromatic rings. The minimum atomic E-state index is -1.84. The maximum absolute atomic E-state index is 13.0. The SMILES string of the molecule is CC(C)Oc1cc(OCCc2ccsc2)cc(C(=O)Nc2ccc(CO[Si](C)(C)C(C)(C)C)cn2)c1. The molecule has 1 amide bonds. The van der Waals surface area contributed by atoms with Crippen molar-refractivity contribution in [3.8, 4) is 11.5 Å². The van der Waals surface area contributed by atoms with Crippen molar-refractivity contribution in [2.45, 2.75) is 71.9 Å². The predicted molar refractivity (Wildman–Crippen MR) is 150 cm³/mol. The van der Waals surface area contributed by atoms with Gasteiger partial charge in [-0.3, -0.25) is 4.79 Å². The number of amides is 1. The molecule has 0 spiro atoms. The Kier molecular flexibility index (Phi) is 9.33. The summed E-state index contributed by atoms with van der Waals surface area (Å²) in [4.78, 5) is 17.5. The van der Waals surface area contributed by atoms with Crippen LogP contribution in [0, 0.1) is 0 Å². The van der Waals surface area contributed by atoms with E-state index in [-0.39, 0.29) is 17.0 Å². The van der Waals surface area contributed by atoms with Gasteiger partial charge in [-0.15, -0.1) is 0 Å². The zero-order chi connectivity index (χ0) is 26.3. The topological polar surface area (TPSA) is 69.7 Å². The predicted octanol–water partition coefficient (Wildman–Crippen LogP) is 7.33. The second-order valence-electron chi connectivity index (χ2n) is 10.6. The first-order valence-corrected chi connectivity index (χ1v) is 16.1. The Morgan fingerprint density at radius 2 is 1.83 bits per heavy atom. The van der Waals surface area contributed by atoms with E-state index in [4.69, 9.17) is 13.9 Å². The fraction of sp³-hybridized carbons (Fsp3) is 0.429. The fourth-order valence-corrected chi connectivity index (χ4v) is 4.76. The molecule has 6 nitrogen and oxygen atoms in total. The molecule has 8 heteroatoms. The van der Waals surface area contributed by atoms with Gasteiger partial charge in [-0.1, -0.05) is 26.8 Å². The molecule has 0 atom stereocenters. The summed E-state index contributed by atoms with van der Waals surface area (Å²) >= 11 is 1.67. The number of rotatable bonds is 11. The molecule has 2 heterocycles. The molecule has 0 radical (unpaired) electrons. The lowest BCUT2D eigenvalue weighted by atomic mass is 10.1. The summed E-state index contributed by atoms with van der Waals surface area (Å²) in [5.74, 6) is 1.39. The quantitative estimate of drug-likeness (QED) is 0.265. The summed E-state index contributed by atoms with van der Waals surface area (Å²) in [5.41, 5.74) is 2.66. The lowest BCUT2D eigenvalue weighted by Crippen LogP contribution is -2.40. The molecule has 0 aliphatic rings. The lowest BCUT2D eigenvalue weighted by Gasteiger charge is -2.36. The molecular weight excluding hydrogens is 488 g/mol. The third-order valence-corrected chi connectivity index (χ3v) is 11.4. The minimum absolute atomic E-state index is 0.0234. The second kappa shape index (κ2) is 12.0. The molecule has 0 saturated carbocycles. The highest BCUT2D eigenvalue weighted by atomic mass is 32.1. The van der Waals surface area contributed by atoms with E-state index in [0.717, 1.165) is 12.0 Å². The Labute approximate surface area is 220 Å². The van der Waals surface area contributed by atoms with Gasteiger partial charge in [0.15, 0.2) is 8.32 Å². The number of thiophene rings is 1. The van der Waals surface area contributed by atoms with Crippen molar-refractivity contribution in [1.82, 2.24) is 4.98 Å². The molecule has 194 valence electrons. The van der Waals surface area contributed by atoms with Gasteiger partial charge < -0.3 is 19.2 Å². The van der Waals surface area contributed by atoms with Crippen LogP contribution in [0.25, 0.3) is 0 Å². The van der Waals surface area contributed by atoms with Gasteiger partial charge in [0.05, 0.1) is 19.3 Å². The monoisotopic (exact) mass is 526 g/mol. The lowest BCUT2D eigenvalue weighted by molar-refractivity contribution is 0.102. The van der Waals surface area contributed by atoms with Crippen molar-refractivity contribution in [1.29, 1.82) is 0 Å². The van der Waals surface area contributed by atoms with Crippen LogP contribution in [0.5, 0.6) is 11.5 Å². The largest absolute Gasteiger partial charge is 0.493 e. The molecule has 0 fully saturated rings. The molecule has 36 heavy (non-hydrogen) atoms. The third-order valence-electron chi connectivity index (χ3n) is 6.23. The fourth-order valence-electron chi connectivity index (χ4n) is 3.10. The Bertz CT molecular complexity index is 1120. The van der Waals surface area contributed by atoms with Crippen molar-refractivity contribution in [3.63, 3.8) is 0 Å². The van der Waals surface area contributed by atoms with Crippen LogP contribution in [-0.2, 0) is 17.5 Å². The Hall–Kier alpha value is -2.68. The van der Waals surface area contributed by atoms with Crippen molar-refractivity contribution < 1.29 is 18.7 Å². The van der Waals surface area contributed by atoms with Gasteiger partial charge in [-0.2, -0.15) is 11.3 Å². The van der Waals surface area contributed by atoms with Crippen molar-refractivity contribution in [2.75, 3.05) is 11.9 Å². The molecule has 0 unspecified atom stereocenters. The first-order chi connectivity index (χ1) is 16.9. The van der Waals surface area contributed by atoms with Gasteiger partial charge in [-0.05, 0) is 78.1 Å². The first-order valence-electron chi connectivity index (χ1n) is 12.3. The van der Waals surface area contributed by atoms with Crippen LogP contribution in [0.4, 0.5) is 5.82 Å². The molecule has 0 bridgehead atoms. The molecular formula is C28H38N2O4SSi. The minimum Gasteiger partial charge on any atom is -0.493 e. The maximum Gasteiger partial charge on any atom is 0.257 e. The number of benzene rings is 1. The molecule has 2 aromatic heterocycles. The Morgan fingerprint density at radius 1 is 1.08 bits per heavy atom. The van der Waals surface area contributed by atoms with Gasteiger partial charge in [-0.25, -0.2) is 4.98 Å². The van der Waals surface area contributed by atoms with E-state index >= 15 is 0 Å². The average molecular weight is 527 g/mol. The summed E-state index contributed by atoms with van der Waals surface area (Å²) in [7, 11) is -1.84. The highest BCUT2D eigenvalue weighted by molar-refractivity contribution is 7.07. The van der Waals surface area contributed by atoms with Crippen LogP contribution in [-0.4, -0.2) is 31.9 Å². The van der Waals surface area contributed by atoms with Gasteiger partial charge in [0.25, 0.3) is 5.91 Å². The van der Waals surface area contributed by atoms with Gasteiger partial charge >= 0.3 is 0 Å². The summed E-state index contributed by atoms with van der Waals surface area (Å²) < 4.78 is 18.1. The van der Waals surface area contributed by atoms with Crippen molar-refractivity contribution >= 4 is 31.4 Å². The number of nitrogens with one attached hydrogen (secondary N) is 1. The van der Waals surface area contributed by atoms with Gasteiger partial charge in [0.2, 0.25) is 0 Å². The standard InChI is InChI=1S/C28H38N2O4SSi/c1-20(2)34-25-15-23(14-24(16-25)32-12-10-21-11-13-35-19-21)27(31)30-26-9-8-22(17-29-26)18-33-36(6,7)28(3,4)5/h8-9,11,13-17,19-20H,10,12,18H2,1-7H3,(H,29,30,31). The number of anilines is 1. The van der Waals surface area contributed by atoms with Crippen LogP contribution in [0.3, 0.4) is 0 Å². The number of hydrogen-bond donors (Lipinski definition) is 1. The maximum atomic E-state index is 13.0. The zero-order valence-electron chi connectivity index (χ0n) is 22.4. The van der Waals surface area contributed by atoms with Crippen LogP contribution < -0.4 is 14.8 Å². The number of ether oxygens (including phenoxy) is 2. The molecule has 0 aliphatic carbocycles. The highest BCUT2D eigenvalue weighted by Gasteiger charge is 2.37. The van der Waals surface area contributed by atoms with Crippen molar-refractivity contribution in [3.05, 3.63) is 70.0 Å². The van der Waals surface area contributed by atoms with Crippen LogP contribution in [0.1, 0.15) is 56.1 Å². The van der Waals surface area contributed by atoms with Crippen LogP contribution in [0.2, 0.25) is 18.1 Å². The Balaban J connectivity index is 1.65. The molecule has 1 aromatic carbocycles. The normalized spacial score (nSPS) is 12.0.